The highest BCUT2D eigenvalue weighted by Crippen LogP contribution is 2.23. The molecule has 0 atom stereocenters. The van der Waals surface area contributed by atoms with Crippen LogP contribution in [-0.4, -0.2) is 34.4 Å². The molecule has 120 valence electrons. The lowest BCUT2D eigenvalue weighted by Gasteiger charge is -2.22. The minimum Gasteiger partial charge on any atom is -0.394 e. The van der Waals surface area contributed by atoms with Crippen molar-refractivity contribution in [2.75, 3.05) is 18.5 Å². The first-order chi connectivity index (χ1) is 9.29. The highest BCUT2D eigenvalue weighted by molar-refractivity contribution is 7.92. The maximum absolute atomic E-state index is 13.7. The van der Waals surface area contributed by atoms with Crippen LogP contribution < -0.4 is 10.5 Å². The Labute approximate surface area is 122 Å². The molecule has 0 unspecified atom stereocenters. The lowest BCUT2D eigenvalue weighted by Crippen LogP contribution is -2.43. The number of benzene rings is 1. The Morgan fingerprint density at radius 1 is 1.19 bits per heavy atom. The molecule has 0 aliphatic heterocycles. The molecule has 0 saturated carbocycles. The lowest BCUT2D eigenvalue weighted by atomic mass is 10.2. The largest absolute Gasteiger partial charge is 0.394 e. The summed E-state index contributed by atoms with van der Waals surface area (Å²) < 4.78 is 74.2. The molecule has 0 aliphatic carbocycles. The summed E-state index contributed by atoms with van der Waals surface area (Å²) in [5.41, 5.74) is 4.18. The predicted molar refractivity (Wildman–Crippen MR) is 74.9 cm³/mol. The quantitative estimate of drug-likeness (QED) is 0.764. The van der Waals surface area contributed by atoms with Crippen molar-refractivity contribution < 1.29 is 25.6 Å². The number of rotatable bonds is 5. The molecule has 1 aromatic rings. The second-order valence-corrected chi connectivity index (χ2v) is 9.51. The predicted octanol–water partition coefficient (Wildman–Crippen LogP) is 0.649. The number of hydrogen-bond donors (Lipinski definition) is 2. The molecule has 0 aromatic heterocycles. The number of nitrogens with two attached hydrogens (primary N) is 1. The third kappa shape index (κ3) is 3.69. The number of halogens is 2. The molecule has 0 radical (unpaired) electrons. The fourth-order valence-corrected chi connectivity index (χ4v) is 2.96. The van der Waals surface area contributed by atoms with Crippen molar-refractivity contribution in [3.05, 3.63) is 23.8 Å². The fraction of sp³-hybridized carbons (Fsp3) is 0.455. The molecule has 0 fully saturated rings. The zero-order chi connectivity index (χ0) is 16.6. The summed E-state index contributed by atoms with van der Waals surface area (Å²) in [5.74, 6) is -2.50. The topological polar surface area (TPSA) is 106 Å². The number of nitrogen functional groups attached to an aromatic ring is 1. The van der Waals surface area contributed by atoms with Crippen LogP contribution in [0.3, 0.4) is 0 Å². The molecular weight excluding hydrogens is 326 g/mol. The molecule has 1 rings (SSSR count). The van der Waals surface area contributed by atoms with Crippen LogP contribution >= 0.6 is 0 Å². The van der Waals surface area contributed by atoms with E-state index in [-0.39, 0.29) is 0 Å². The maximum atomic E-state index is 13.7. The third-order valence-electron chi connectivity index (χ3n) is 3.07. The van der Waals surface area contributed by atoms with Gasteiger partial charge in [-0.25, -0.2) is 30.3 Å². The lowest BCUT2D eigenvalue weighted by molar-refractivity contribution is 0.529. The van der Waals surface area contributed by atoms with Crippen molar-refractivity contribution >= 4 is 25.5 Å². The first-order valence-corrected chi connectivity index (χ1v) is 9.10. The van der Waals surface area contributed by atoms with Gasteiger partial charge in [-0.1, -0.05) is 0 Å². The summed E-state index contributed by atoms with van der Waals surface area (Å²) in [5, 5.41) is 0. The molecule has 3 N–H and O–H groups in total. The van der Waals surface area contributed by atoms with E-state index in [9.17, 15) is 25.6 Å². The van der Waals surface area contributed by atoms with Crippen LogP contribution in [0.5, 0.6) is 0 Å². The first kappa shape index (κ1) is 17.8. The van der Waals surface area contributed by atoms with Crippen LogP contribution in [0.2, 0.25) is 0 Å². The van der Waals surface area contributed by atoms with E-state index in [0.29, 0.717) is 6.07 Å². The van der Waals surface area contributed by atoms with Crippen LogP contribution in [0, 0.1) is 11.6 Å². The fourth-order valence-electron chi connectivity index (χ4n) is 1.23. The Morgan fingerprint density at radius 2 is 1.71 bits per heavy atom. The van der Waals surface area contributed by atoms with Gasteiger partial charge in [-0.15, -0.1) is 0 Å². The molecule has 0 aliphatic rings. The van der Waals surface area contributed by atoms with Crippen LogP contribution in [0.25, 0.3) is 0 Å². The number of sulfone groups is 1. The van der Waals surface area contributed by atoms with Gasteiger partial charge < -0.3 is 5.73 Å². The minimum atomic E-state index is -4.36. The Morgan fingerprint density at radius 3 is 2.19 bits per heavy atom. The van der Waals surface area contributed by atoms with Gasteiger partial charge in [-0.05, 0) is 26.0 Å². The Hall–Kier alpha value is -1.26. The van der Waals surface area contributed by atoms with Gasteiger partial charge in [-0.2, -0.15) is 0 Å². The second-order valence-electron chi connectivity index (χ2n) is 5.13. The number of hydrogen-bond acceptors (Lipinski definition) is 5. The van der Waals surface area contributed by atoms with Gasteiger partial charge in [0, 0.05) is 12.8 Å². The standard InChI is InChI=1S/C11H16F2N2O4S2/c1-11(2,20(3,16)17)6-15-21(18,19)8-5-4-7(12)10(14)9(8)13/h4-5,15H,6,14H2,1-3H3. The smallest absolute Gasteiger partial charge is 0.243 e. The van der Waals surface area contributed by atoms with Crippen LogP contribution in [0.1, 0.15) is 13.8 Å². The van der Waals surface area contributed by atoms with Gasteiger partial charge >= 0.3 is 0 Å². The molecule has 0 spiro atoms. The van der Waals surface area contributed by atoms with Crippen LogP contribution in [0.4, 0.5) is 14.5 Å². The summed E-state index contributed by atoms with van der Waals surface area (Å²) in [4.78, 5) is -0.842. The number of sulfonamides is 1. The molecule has 0 amide bonds. The van der Waals surface area contributed by atoms with Gasteiger partial charge in [0.25, 0.3) is 0 Å². The van der Waals surface area contributed by atoms with Crippen molar-refractivity contribution in [1.29, 1.82) is 0 Å². The molecule has 0 saturated heterocycles. The monoisotopic (exact) mass is 342 g/mol. The van der Waals surface area contributed by atoms with Crippen molar-refractivity contribution in [3.63, 3.8) is 0 Å². The molecular formula is C11H16F2N2O4S2. The Balaban J connectivity index is 3.13. The summed E-state index contributed by atoms with van der Waals surface area (Å²) in [7, 11) is -7.90. The zero-order valence-corrected chi connectivity index (χ0v) is 13.3. The second kappa shape index (κ2) is 5.50. The summed E-state index contributed by atoms with van der Waals surface area (Å²) in [6.45, 7) is 2.17. The summed E-state index contributed by atoms with van der Waals surface area (Å²) >= 11 is 0. The average molecular weight is 342 g/mol. The molecule has 0 bridgehead atoms. The van der Waals surface area contributed by atoms with E-state index in [0.717, 1.165) is 12.3 Å². The molecule has 10 heteroatoms. The van der Waals surface area contributed by atoms with Gasteiger partial charge in [0.1, 0.15) is 16.4 Å². The van der Waals surface area contributed by atoms with Crippen molar-refractivity contribution in [2.45, 2.75) is 23.5 Å². The highest BCUT2D eigenvalue weighted by atomic mass is 32.2. The van der Waals surface area contributed by atoms with Crippen molar-refractivity contribution in [1.82, 2.24) is 4.72 Å². The van der Waals surface area contributed by atoms with Crippen molar-refractivity contribution in [2.24, 2.45) is 0 Å². The van der Waals surface area contributed by atoms with E-state index < -0.39 is 53.4 Å². The molecule has 6 nitrogen and oxygen atoms in total. The van der Waals surface area contributed by atoms with Crippen LogP contribution in [0.15, 0.2) is 17.0 Å². The Kier molecular flexibility index (Phi) is 4.66. The van der Waals surface area contributed by atoms with Gasteiger partial charge in [0.05, 0.1) is 4.75 Å². The highest BCUT2D eigenvalue weighted by Gasteiger charge is 2.33. The normalized spacial score (nSPS) is 13.4. The van der Waals surface area contributed by atoms with E-state index in [1.54, 1.807) is 0 Å². The molecule has 21 heavy (non-hydrogen) atoms. The van der Waals surface area contributed by atoms with E-state index in [2.05, 4.69) is 0 Å². The SMILES string of the molecule is CC(C)(CNS(=O)(=O)c1ccc(F)c(N)c1F)S(C)(=O)=O. The van der Waals surface area contributed by atoms with Crippen LogP contribution in [-0.2, 0) is 19.9 Å². The van der Waals surface area contributed by atoms with Crippen molar-refractivity contribution in [3.8, 4) is 0 Å². The maximum Gasteiger partial charge on any atom is 0.243 e. The summed E-state index contributed by atoms with van der Waals surface area (Å²) in [6.07, 6.45) is 0.956. The summed E-state index contributed by atoms with van der Waals surface area (Å²) in [6, 6.07) is 1.44. The molecule has 0 heterocycles. The number of nitrogens with one attached hydrogen (secondary N) is 1. The number of anilines is 1. The average Bonchev–Trinajstić information content (AvgIpc) is 2.32. The zero-order valence-electron chi connectivity index (χ0n) is 11.6. The Bertz CT molecular complexity index is 759. The van der Waals surface area contributed by atoms with E-state index in [4.69, 9.17) is 5.73 Å². The van der Waals surface area contributed by atoms with E-state index in [1.165, 1.54) is 13.8 Å². The third-order valence-corrected chi connectivity index (χ3v) is 6.64. The van der Waals surface area contributed by atoms with E-state index >= 15 is 0 Å². The minimum absolute atomic E-state index is 0.467. The van der Waals surface area contributed by atoms with Gasteiger partial charge in [-0.3, -0.25) is 0 Å². The van der Waals surface area contributed by atoms with Gasteiger partial charge in [0.15, 0.2) is 15.7 Å². The molecule has 1 aromatic carbocycles. The van der Waals surface area contributed by atoms with Gasteiger partial charge in [0.2, 0.25) is 10.0 Å². The first-order valence-electron chi connectivity index (χ1n) is 5.72. The van der Waals surface area contributed by atoms with E-state index in [1.807, 2.05) is 4.72 Å².